The van der Waals surface area contributed by atoms with Crippen LogP contribution in [-0.2, 0) is 13.0 Å². The third-order valence-electron chi connectivity index (χ3n) is 4.12. The Balaban J connectivity index is 2.09. The van der Waals surface area contributed by atoms with Crippen LogP contribution in [0.3, 0.4) is 0 Å². The van der Waals surface area contributed by atoms with Crippen LogP contribution in [0.4, 0.5) is 5.82 Å². The van der Waals surface area contributed by atoms with Gasteiger partial charge in [0.25, 0.3) is 0 Å². The number of carbonyl (C=O) groups excluding carboxylic acids is 1. The van der Waals surface area contributed by atoms with E-state index in [-0.39, 0.29) is 5.82 Å². The summed E-state index contributed by atoms with van der Waals surface area (Å²) in [5, 5.41) is 11.5. The predicted octanol–water partition coefficient (Wildman–Crippen LogP) is 3.82. The van der Waals surface area contributed by atoms with E-state index in [9.17, 15) is 14.9 Å². The molecule has 25 heavy (non-hydrogen) atoms. The largest absolute Gasteiger partial charge is 0.390 e. The maximum absolute atomic E-state index is 11.5. The Morgan fingerprint density at radius 2 is 1.80 bits per heavy atom. The number of carbonyl (C=O) groups is 1. The minimum absolute atomic E-state index is 0.222. The second-order valence-electron chi connectivity index (χ2n) is 5.68. The van der Waals surface area contributed by atoms with E-state index in [1.165, 1.54) is 0 Å². The average Bonchev–Trinajstić information content (AvgIpc) is 2.97. The van der Waals surface area contributed by atoms with Crippen molar-refractivity contribution in [3.63, 3.8) is 0 Å². The number of aryl methyl sites for hydroxylation is 2. The summed E-state index contributed by atoms with van der Waals surface area (Å²) in [4.78, 5) is 26.5. The molecule has 126 valence electrons. The number of aldehydes is 1. The fraction of sp³-hybridized carbons (Fsp3) is 0.158. The van der Waals surface area contributed by atoms with Crippen molar-refractivity contribution in [1.82, 2.24) is 9.55 Å². The van der Waals surface area contributed by atoms with Crippen molar-refractivity contribution in [2.75, 3.05) is 0 Å². The molecule has 0 N–H and O–H groups in total. The Hall–Kier alpha value is -3.28. The van der Waals surface area contributed by atoms with Gasteiger partial charge in [-0.05, 0) is 21.9 Å². The first-order valence-corrected chi connectivity index (χ1v) is 7.92. The van der Waals surface area contributed by atoms with Gasteiger partial charge in [-0.3, -0.25) is 4.79 Å². The van der Waals surface area contributed by atoms with Gasteiger partial charge >= 0.3 is 5.82 Å². The number of hydrogen-bond acceptors (Lipinski definition) is 4. The van der Waals surface area contributed by atoms with Crippen LogP contribution in [-0.4, -0.2) is 20.8 Å². The van der Waals surface area contributed by atoms with Crippen LogP contribution in [0.1, 0.15) is 21.7 Å². The lowest BCUT2D eigenvalue weighted by atomic mass is 10.0. The van der Waals surface area contributed by atoms with Crippen LogP contribution in [0.5, 0.6) is 0 Å². The summed E-state index contributed by atoms with van der Waals surface area (Å²) in [5.74, 6) is 0.332. The van der Waals surface area contributed by atoms with Crippen LogP contribution < -0.4 is 0 Å². The van der Waals surface area contributed by atoms with E-state index in [1.807, 2.05) is 34.9 Å². The summed E-state index contributed by atoms with van der Waals surface area (Å²) in [7, 11) is 0. The normalized spacial score (nSPS) is 10.6. The standard InChI is InChI=1S/C19H17N3O3/c1-14-20-19(22(24)25)18(17-10-6-5-9-16(17)13-23)21(14)12-11-15-7-3-2-4-8-15/h2-10,13H,11-12H2,1H3. The highest BCUT2D eigenvalue weighted by atomic mass is 16.6. The molecule has 0 atom stereocenters. The molecule has 0 saturated carbocycles. The van der Waals surface area contributed by atoms with Crippen LogP contribution in [0, 0.1) is 17.0 Å². The highest BCUT2D eigenvalue weighted by Gasteiger charge is 2.27. The molecule has 0 spiro atoms. The number of aromatic nitrogens is 2. The van der Waals surface area contributed by atoms with Gasteiger partial charge in [0.15, 0.2) is 12.0 Å². The van der Waals surface area contributed by atoms with Gasteiger partial charge in [-0.2, -0.15) is 0 Å². The van der Waals surface area contributed by atoms with Crippen molar-refractivity contribution >= 4 is 12.1 Å². The maximum atomic E-state index is 11.5. The van der Waals surface area contributed by atoms with E-state index in [0.29, 0.717) is 41.9 Å². The lowest BCUT2D eigenvalue weighted by Gasteiger charge is -2.10. The van der Waals surface area contributed by atoms with Gasteiger partial charge in [0.1, 0.15) is 0 Å². The van der Waals surface area contributed by atoms with Gasteiger partial charge in [-0.1, -0.05) is 54.6 Å². The third-order valence-corrected chi connectivity index (χ3v) is 4.12. The summed E-state index contributed by atoms with van der Waals surface area (Å²) < 4.78 is 1.81. The van der Waals surface area contributed by atoms with Crippen molar-refractivity contribution in [2.24, 2.45) is 0 Å². The Labute approximate surface area is 144 Å². The Kier molecular flexibility index (Phi) is 4.70. The summed E-state index contributed by atoms with van der Waals surface area (Å²) in [6.45, 7) is 2.28. The van der Waals surface area contributed by atoms with Crippen molar-refractivity contribution in [3.8, 4) is 11.3 Å². The fourth-order valence-electron chi connectivity index (χ4n) is 2.92. The first-order chi connectivity index (χ1) is 12.1. The lowest BCUT2D eigenvalue weighted by molar-refractivity contribution is -0.388. The van der Waals surface area contributed by atoms with E-state index < -0.39 is 4.92 Å². The smallest absolute Gasteiger partial charge is 0.358 e. The molecule has 0 aliphatic rings. The van der Waals surface area contributed by atoms with Gasteiger partial charge in [0.05, 0.1) is 0 Å². The number of nitrogens with zero attached hydrogens (tertiary/aromatic N) is 3. The number of benzene rings is 2. The third kappa shape index (κ3) is 3.33. The van der Waals surface area contributed by atoms with E-state index in [0.717, 1.165) is 5.56 Å². The zero-order chi connectivity index (χ0) is 17.8. The predicted molar refractivity (Wildman–Crippen MR) is 94.6 cm³/mol. The molecule has 2 aromatic carbocycles. The molecule has 0 aliphatic heterocycles. The summed E-state index contributed by atoms with van der Waals surface area (Å²) in [5.41, 5.74) is 2.44. The molecule has 0 aliphatic carbocycles. The van der Waals surface area contributed by atoms with Crippen LogP contribution >= 0.6 is 0 Å². The molecule has 1 heterocycles. The molecule has 3 rings (SSSR count). The Bertz CT molecular complexity index is 917. The number of rotatable bonds is 6. The van der Waals surface area contributed by atoms with Gasteiger partial charge in [0.2, 0.25) is 5.82 Å². The van der Waals surface area contributed by atoms with Gasteiger partial charge < -0.3 is 14.7 Å². The van der Waals surface area contributed by atoms with Crippen molar-refractivity contribution < 1.29 is 9.72 Å². The average molecular weight is 335 g/mol. The zero-order valence-electron chi connectivity index (χ0n) is 13.8. The number of hydrogen-bond donors (Lipinski definition) is 0. The summed E-state index contributed by atoms with van der Waals surface area (Å²) in [6.07, 6.45) is 1.42. The second-order valence-corrected chi connectivity index (χ2v) is 5.68. The minimum Gasteiger partial charge on any atom is -0.358 e. The highest BCUT2D eigenvalue weighted by molar-refractivity contribution is 5.88. The Morgan fingerprint density at radius 3 is 2.48 bits per heavy atom. The van der Waals surface area contributed by atoms with Gasteiger partial charge in [-0.25, -0.2) is 0 Å². The van der Waals surface area contributed by atoms with E-state index in [2.05, 4.69) is 4.98 Å². The summed E-state index contributed by atoms with van der Waals surface area (Å²) in [6, 6.07) is 16.7. The van der Waals surface area contributed by atoms with E-state index >= 15 is 0 Å². The lowest BCUT2D eigenvalue weighted by Crippen LogP contribution is -2.07. The molecule has 0 unspecified atom stereocenters. The first kappa shape index (κ1) is 16.6. The van der Waals surface area contributed by atoms with Crippen molar-refractivity contribution in [2.45, 2.75) is 19.9 Å². The first-order valence-electron chi connectivity index (χ1n) is 7.92. The topological polar surface area (TPSA) is 78.0 Å². The maximum Gasteiger partial charge on any atom is 0.390 e. The van der Waals surface area contributed by atoms with Crippen molar-refractivity contribution in [3.05, 3.63) is 81.7 Å². The molecular formula is C19H17N3O3. The van der Waals surface area contributed by atoms with Crippen LogP contribution in [0.25, 0.3) is 11.3 Å². The second kappa shape index (κ2) is 7.09. The Morgan fingerprint density at radius 1 is 1.12 bits per heavy atom. The van der Waals surface area contributed by atoms with Gasteiger partial charge in [0, 0.05) is 24.6 Å². The molecule has 6 heteroatoms. The van der Waals surface area contributed by atoms with Crippen LogP contribution in [0.2, 0.25) is 0 Å². The quantitative estimate of drug-likeness (QED) is 0.390. The molecule has 3 aromatic rings. The molecule has 0 amide bonds. The molecule has 0 bridgehead atoms. The van der Waals surface area contributed by atoms with E-state index in [1.54, 1.807) is 31.2 Å². The van der Waals surface area contributed by atoms with Crippen LogP contribution in [0.15, 0.2) is 54.6 Å². The highest BCUT2D eigenvalue weighted by Crippen LogP contribution is 2.32. The zero-order valence-corrected chi connectivity index (χ0v) is 13.8. The SMILES string of the molecule is Cc1nc([N+](=O)[O-])c(-c2ccccc2C=O)n1CCc1ccccc1. The van der Waals surface area contributed by atoms with Gasteiger partial charge in [-0.15, -0.1) is 0 Å². The number of imidazole rings is 1. The summed E-state index contributed by atoms with van der Waals surface area (Å²) >= 11 is 0. The minimum atomic E-state index is -0.497. The molecule has 6 nitrogen and oxygen atoms in total. The molecule has 0 saturated heterocycles. The molecular weight excluding hydrogens is 318 g/mol. The number of nitro groups is 1. The van der Waals surface area contributed by atoms with Crippen molar-refractivity contribution in [1.29, 1.82) is 0 Å². The monoisotopic (exact) mass is 335 g/mol. The molecule has 0 radical (unpaired) electrons. The fourth-order valence-corrected chi connectivity index (χ4v) is 2.92. The van der Waals surface area contributed by atoms with E-state index in [4.69, 9.17) is 0 Å². The molecule has 1 aromatic heterocycles. The molecule has 0 fully saturated rings.